The Hall–Kier alpha value is -2.89. The minimum atomic E-state index is -1.15. The second-order valence-electron chi connectivity index (χ2n) is 4.82. The first-order valence-corrected chi connectivity index (χ1v) is 6.72. The van der Waals surface area contributed by atoms with Crippen LogP contribution in [0.3, 0.4) is 0 Å². The van der Waals surface area contributed by atoms with Gasteiger partial charge >= 0.3 is 12.1 Å². The SMILES string of the molecule is O=C(O)[C@@H](CN(Cc1ccncc1)C(=O)O)c1ccccc1. The van der Waals surface area contributed by atoms with Gasteiger partial charge in [-0.25, -0.2) is 4.79 Å². The van der Waals surface area contributed by atoms with E-state index in [9.17, 15) is 19.8 Å². The molecule has 22 heavy (non-hydrogen) atoms. The molecule has 0 fully saturated rings. The Morgan fingerprint density at radius 3 is 2.23 bits per heavy atom. The lowest BCUT2D eigenvalue weighted by atomic mass is 9.98. The summed E-state index contributed by atoms with van der Waals surface area (Å²) >= 11 is 0. The molecule has 0 radical (unpaired) electrons. The first kappa shape index (κ1) is 15.5. The van der Waals surface area contributed by atoms with Crippen molar-refractivity contribution >= 4 is 12.1 Å². The number of carbonyl (C=O) groups is 2. The van der Waals surface area contributed by atoms with E-state index in [1.54, 1.807) is 54.9 Å². The number of rotatable bonds is 6. The fourth-order valence-electron chi connectivity index (χ4n) is 2.15. The normalized spacial score (nSPS) is 11.6. The molecule has 114 valence electrons. The monoisotopic (exact) mass is 300 g/mol. The van der Waals surface area contributed by atoms with Crippen molar-refractivity contribution in [3.63, 3.8) is 0 Å². The second-order valence-corrected chi connectivity index (χ2v) is 4.82. The van der Waals surface area contributed by atoms with E-state index in [1.165, 1.54) is 0 Å². The molecule has 1 amide bonds. The van der Waals surface area contributed by atoms with Gasteiger partial charge in [-0.05, 0) is 23.3 Å². The quantitative estimate of drug-likeness (QED) is 0.855. The first-order chi connectivity index (χ1) is 10.6. The van der Waals surface area contributed by atoms with Crippen LogP contribution in [0.4, 0.5) is 4.79 Å². The highest BCUT2D eigenvalue weighted by Crippen LogP contribution is 2.19. The van der Waals surface area contributed by atoms with Crippen LogP contribution < -0.4 is 0 Å². The number of aliphatic carboxylic acids is 1. The highest BCUT2D eigenvalue weighted by atomic mass is 16.4. The fourth-order valence-corrected chi connectivity index (χ4v) is 2.15. The summed E-state index contributed by atoms with van der Waals surface area (Å²) in [6.07, 6.45) is 1.99. The lowest BCUT2D eigenvalue weighted by Gasteiger charge is -2.23. The molecular weight excluding hydrogens is 284 g/mol. The van der Waals surface area contributed by atoms with Gasteiger partial charge in [0.05, 0.1) is 5.92 Å². The lowest BCUT2D eigenvalue weighted by Crippen LogP contribution is -2.35. The Bertz CT molecular complexity index is 631. The smallest absolute Gasteiger partial charge is 0.407 e. The summed E-state index contributed by atoms with van der Waals surface area (Å²) in [4.78, 5) is 27.9. The Morgan fingerprint density at radius 1 is 1.05 bits per heavy atom. The molecule has 0 saturated carbocycles. The average molecular weight is 300 g/mol. The summed E-state index contributed by atoms with van der Waals surface area (Å²) in [6, 6.07) is 12.0. The molecule has 2 N–H and O–H groups in total. The maximum Gasteiger partial charge on any atom is 0.407 e. The van der Waals surface area contributed by atoms with E-state index in [0.717, 1.165) is 10.5 Å². The molecule has 0 saturated heterocycles. The molecule has 1 heterocycles. The third-order valence-corrected chi connectivity index (χ3v) is 3.30. The number of carboxylic acids is 1. The van der Waals surface area contributed by atoms with E-state index in [0.29, 0.717) is 5.56 Å². The lowest BCUT2D eigenvalue weighted by molar-refractivity contribution is -0.139. The van der Waals surface area contributed by atoms with Gasteiger partial charge in [0.2, 0.25) is 0 Å². The predicted molar refractivity (Wildman–Crippen MR) is 79.5 cm³/mol. The van der Waals surface area contributed by atoms with E-state index >= 15 is 0 Å². The minimum Gasteiger partial charge on any atom is -0.481 e. The molecule has 2 aromatic rings. The first-order valence-electron chi connectivity index (χ1n) is 6.72. The van der Waals surface area contributed by atoms with E-state index in [4.69, 9.17) is 0 Å². The number of carboxylic acid groups (broad SMARTS) is 2. The van der Waals surface area contributed by atoms with Crippen LogP contribution in [0, 0.1) is 0 Å². The van der Waals surface area contributed by atoms with Gasteiger partial charge in [0.1, 0.15) is 0 Å². The molecule has 1 aromatic carbocycles. The topological polar surface area (TPSA) is 90.7 Å². The highest BCUT2D eigenvalue weighted by molar-refractivity contribution is 5.77. The number of aromatic nitrogens is 1. The van der Waals surface area contributed by atoms with Gasteiger partial charge in [0.15, 0.2) is 0 Å². The van der Waals surface area contributed by atoms with Gasteiger partial charge in [-0.2, -0.15) is 0 Å². The number of hydrogen-bond donors (Lipinski definition) is 2. The third-order valence-electron chi connectivity index (χ3n) is 3.30. The van der Waals surface area contributed by atoms with Crippen molar-refractivity contribution in [2.75, 3.05) is 6.54 Å². The summed E-state index contributed by atoms with van der Waals surface area (Å²) in [6.45, 7) is 0.00543. The zero-order valence-corrected chi connectivity index (χ0v) is 11.8. The van der Waals surface area contributed by atoms with Crippen LogP contribution in [0.1, 0.15) is 17.0 Å². The Morgan fingerprint density at radius 2 is 1.68 bits per heavy atom. The number of amides is 1. The van der Waals surface area contributed by atoms with Crippen molar-refractivity contribution in [1.82, 2.24) is 9.88 Å². The van der Waals surface area contributed by atoms with Crippen molar-refractivity contribution in [3.8, 4) is 0 Å². The molecule has 0 unspecified atom stereocenters. The summed E-state index contributed by atoms with van der Waals surface area (Å²) in [5.41, 5.74) is 1.34. The average Bonchev–Trinajstić information content (AvgIpc) is 2.52. The van der Waals surface area contributed by atoms with Crippen LogP contribution in [-0.4, -0.2) is 38.7 Å². The zero-order chi connectivity index (χ0) is 15.9. The van der Waals surface area contributed by atoms with Gasteiger partial charge in [-0.15, -0.1) is 0 Å². The summed E-state index contributed by atoms with van der Waals surface area (Å²) in [7, 11) is 0. The van der Waals surface area contributed by atoms with Gasteiger partial charge in [0.25, 0.3) is 0 Å². The molecule has 0 aliphatic heterocycles. The number of pyridine rings is 1. The third kappa shape index (κ3) is 4.05. The standard InChI is InChI=1S/C16H16N2O4/c19-15(20)14(13-4-2-1-3-5-13)11-18(16(21)22)10-12-6-8-17-9-7-12/h1-9,14H,10-11H2,(H,19,20)(H,21,22)/t14-/m0/s1. The van der Waals surface area contributed by atoms with Crippen molar-refractivity contribution < 1.29 is 19.8 Å². The summed E-state index contributed by atoms with van der Waals surface area (Å²) in [5, 5.41) is 18.7. The molecule has 1 atom stereocenters. The van der Waals surface area contributed by atoms with Crippen molar-refractivity contribution in [3.05, 3.63) is 66.0 Å². The predicted octanol–water partition coefficient (Wildman–Crippen LogP) is 2.43. The summed E-state index contributed by atoms with van der Waals surface area (Å²) in [5.74, 6) is -1.95. The fraction of sp³-hybridized carbons (Fsp3) is 0.188. The number of nitrogens with zero attached hydrogens (tertiary/aromatic N) is 2. The van der Waals surface area contributed by atoms with Crippen LogP contribution in [0.5, 0.6) is 0 Å². The molecule has 6 nitrogen and oxygen atoms in total. The van der Waals surface area contributed by atoms with E-state index < -0.39 is 18.0 Å². The van der Waals surface area contributed by atoms with Crippen LogP contribution in [0.2, 0.25) is 0 Å². The van der Waals surface area contributed by atoms with E-state index in [-0.39, 0.29) is 13.1 Å². The molecule has 0 spiro atoms. The number of benzene rings is 1. The molecule has 6 heteroatoms. The van der Waals surface area contributed by atoms with Crippen LogP contribution >= 0.6 is 0 Å². The maximum atomic E-state index is 11.5. The van der Waals surface area contributed by atoms with Crippen LogP contribution in [-0.2, 0) is 11.3 Å². The zero-order valence-electron chi connectivity index (χ0n) is 11.8. The van der Waals surface area contributed by atoms with E-state index in [2.05, 4.69) is 4.98 Å². The van der Waals surface area contributed by atoms with Crippen molar-refractivity contribution in [2.24, 2.45) is 0 Å². The van der Waals surface area contributed by atoms with Gasteiger partial charge in [0, 0.05) is 25.5 Å². The second kappa shape index (κ2) is 7.21. The van der Waals surface area contributed by atoms with Crippen molar-refractivity contribution in [1.29, 1.82) is 0 Å². The Labute approximate surface area is 127 Å². The van der Waals surface area contributed by atoms with Gasteiger partial charge in [-0.1, -0.05) is 30.3 Å². The maximum absolute atomic E-state index is 11.5. The van der Waals surface area contributed by atoms with Crippen LogP contribution in [0.25, 0.3) is 0 Å². The van der Waals surface area contributed by atoms with E-state index in [1.807, 2.05) is 0 Å². The molecule has 0 aliphatic rings. The number of hydrogen-bond acceptors (Lipinski definition) is 3. The molecule has 2 rings (SSSR count). The minimum absolute atomic E-state index is 0.114. The highest BCUT2D eigenvalue weighted by Gasteiger charge is 2.25. The van der Waals surface area contributed by atoms with Crippen LogP contribution in [0.15, 0.2) is 54.9 Å². The van der Waals surface area contributed by atoms with Gasteiger partial charge < -0.3 is 15.1 Å². The molecule has 0 bridgehead atoms. The van der Waals surface area contributed by atoms with Crippen molar-refractivity contribution in [2.45, 2.75) is 12.5 Å². The Balaban J connectivity index is 2.18. The molecule has 0 aliphatic carbocycles. The van der Waals surface area contributed by atoms with Gasteiger partial charge in [-0.3, -0.25) is 9.78 Å². The largest absolute Gasteiger partial charge is 0.481 e. The summed E-state index contributed by atoms with van der Waals surface area (Å²) < 4.78 is 0. The molecular formula is C16H16N2O4. The molecule has 1 aromatic heterocycles. The Kier molecular flexibility index (Phi) is 5.08.